The van der Waals surface area contributed by atoms with Crippen LogP contribution in [0.4, 0.5) is 10.5 Å². The molecule has 0 fully saturated rings. The minimum atomic E-state index is -0.299. The molecule has 1 aromatic carbocycles. The van der Waals surface area contributed by atoms with Crippen molar-refractivity contribution in [1.82, 2.24) is 10.3 Å². The zero-order valence-electron chi connectivity index (χ0n) is 9.86. The summed E-state index contributed by atoms with van der Waals surface area (Å²) in [6.45, 7) is 0.415. The molecule has 0 atom stereocenters. The smallest absolute Gasteiger partial charge is 0.319 e. The number of aromatic nitrogens is 1. The number of rotatable bonds is 3. The van der Waals surface area contributed by atoms with Gasteiger partial charge in [0.25, 0.3) is 0 Å². The third-order valence-corrected chi connectivity index (χ3v) is 3.77. The highest BCUT2D eigenvalue weighted by Gasteiger charge is 2.07. The normalized spacial score (nSPS) is 10.0. The lowest BCUT2D eigenvalue weighted by Gasteiger charge is -2.09. The maximum Gasteiger partial charge on any atom is 0.319 e. The van der Waals surface area contributed by atoms with Gasteiger partial charge in [-0.05, 0) is 39.7 Å². The summed E-state index contributed by atoms with van der Waals surface area (Å²) in [5.41, 5.74) is 1.55. The Labute approximate surface area is 124 Å². The van der Waals surface area contributed by atoms with Gasteiger partial charge in [-0.25, -0.2) is 4.79 Å². The summed E-state index contributed by atoms with van der Waals surface area (Å²) in [5.74, 6) is 0. The number of nitrogens with zero attached hydrogens (tertiary/aromatic N) is 1. The Kier molecular flexibility index (Phi) is 4.76. The summed E-state index contributed by atoms with van der Waals surface area (Å²) in [6.07, 6.45) is 3.39. The number of carbonyl (C=O) groups excluding carboxylic acids is 1. The van der Waals surface area contributed by atoms with Crippen molar-refractivity contribution in [2.24, 2.45) is 0 Å². The Morgan fingerprint density at radius 3 is 2.89 bits per heavy atom. The lowest BCUT2D eigenvalue weighted by Crippen LogP contribution is -2.28. The Hall–Kier alpha value is -1.59. The lowest BCUT2D eigenvalue weighted by atomic mass is 10.3. The molecule has 2 amide bonds. The van der Waals surface area contributed by atoms with E-state index in [1.807, 2.05) is 12.1 Å². The number of nitrogens with one attached hydrogen (secondary N) is 2. The van der Waals surface area contributed by atoms with Crippen molar-refractivity contribution in [3.05, 3.63) is 57.8 Å². The fourth-order valence-corrected chi connectivity index (χ4v) is 1.99. The first kappa shape index (κ1) is 13.8. The molecule has 2 aromatic rings. The number of benzene rings is 1. The second-order valence-electron chi connectivity index (χ2n) is 3.77. The van der Waals surface area contributed by atoms with Gasteiger partial charge in [0.2, 0.25) is 0 Å². The van der Waals surface area contributed by atoms with Crippen molar-refractivity contribution in [2.75, 3.05) is 5.32 Å². The number of carbonyl (C=O) groups is 1. The van der Waals surface area contributed by atoms with Gasteiger partial charge in [0, 0.05) is 18.9 Å². The Morgan fingerprint density at radius 1 is 1.32 bits per heavy atom. The molecule has 1 aromatic heterocycles. The largest absolute Gasteiger partial charge is 0.334 e. The van der Waals surface area contributed by atoms with E-state index in [0.717, 1.165) is 5.56 Å². The molecule has 1 heterocycles. The van der Waals surface area contributed by atoms with Crippen LogP contribution < -0.4 is 10.6 Å². The highest BCUT2D eigenvalue weighted by Crippen LogP contribution is 2.29. The number of urea groups is 1. The Bertz CT molecular complexity index is 577. The molecule has 0 saturated heterocycles. The highest BCUT2D eigenvalue weighted by atomic mass is 79.9. The van der Waals surface area contributed by atoms with Crippen molar-refractivity contribution in [1.29, 1.82) is 0 Å². The molecular weight excluding hydrogens is 330 g/mol. The van der Waals surface area contributed by atoms with Crippen molar-refractivity contribution in [3.63, 3.8) is 0 Å². The number of hydrogen-bond donors (Lipinski definition) is 2. The molecule has 0 radical (unpaired) electrons. The maximum absolute atomic E-state index is 11.7. The summed E-state index contributed by atoms with van der Waals surface area (Å²) < 4.78 is 0.660. The van der Waals surface area contributed by atoms with Gasteiger partial charge >= 0.3 is 6.03 Å². The van der Waals surface area contributed by atoms with Gasteiger partial charge < -0.3 is 10.6 Å². The first-order valence-electron chi connectivity index (χ1n) is 5.54. The van der Waals surface area contributed by atoms with Crippen LogP contribution >= 0.6 is 27.5 Å². The molecule has 0 bridgehead atoms. The minimum Gasteiger partial charge on any atom is -0.334 e. The number of anilines is 1. The Balaban J connectivity index is 1.93. The van der Waals surface area contributed by atoms with E-state index in [9.17, 15) is 4.79 Å². The van der Waals surface area contributed by atoms with Gasteiger partial charge in [0.05, 0.1) is 15.2 Å². The van der Waals surface area contributed by atoms with Crippen molar-refractivity contribution < 1.29 is 4.79 Å². The standard InChI is InChI=1S/C13H11BrClN3O/c14-12-10(15)4-1-5-11(12)18-13(19)17-8-9-3-2-6-16-7-9/h1-7H,8H2,(H2,17,18,19). The van der Waals surface area contributed by atoms with E-state index in [1.165, 1.54) is 0 Å². The SMILES string of the molecule is O=C(NCc1cccnc1)Nc1cccc(Cl)c1Br. The van der Waals surface area contributed by atoms with E-state index < -0.39 is 0 Å². The molecule has 98 valence electrons. The predicted octanol–water partition coefficient (Wildman–Crippen LogP) is 3.82. The van der Waals surface area contributed by atoms with Gasteiger partial charge in [-0.1, -0.05) is 23.7 Å². The van der Waals surface area contributed by atoms with Gasteiger partial charge in [0.1, 0.15) is 0 Å². The van der Waals surface area contributed by atoms with Gasteiger partial charge in [0.15, 0.2) is 0 Å². The molecule has 6 heteroatoms. The molecule has 4 nitrogen and oxygen atoms in total. The molecule has 19 heavy (non-hydrogen) atoms. The number of amides is 2. The monoisotopic (exact) mass is 339 g/mol. The van der Waals surface area contributed by atoms with Crippen LogP contribution in [0.1, 0.15) is 5.56 Å². The third kappa shape index (κ3) is 3.94. The predicted molar refractivity (Wildman–Crippen MR) is 79.2 cm³/mol. The second kappa shape index (κ2) is 6.54. The molecule has 0 unspecified atom stereocenters. The summed E-state index contributed by atoms with van der Waals surface area (Å²) >= 11 is 9.26. The second-order valence-corrected chi connectivity index (χ2v) is 4.97. The van der Waals surface area contributed by atoms with Crippen LogP contribution in [0.2, 0.25) is 5.02 Å². The summed E-state index contributed by atoms with van der Waals surface area (Å²) in [4.78, 5) is 15.7. The number of pyridine rings is 1. The van der Waals surface area contributed by atoms with E-state index in [1.54, 1.807) is 30.6 Å². The van der Waals surface area contributed by atoms with Crippen LogP contribution in [-0.2, 0) is 6.54 Å². The molecule has 0 spiro atoms. The molecule has 0 aliphatic heterocycles. The molecule has 2 rings (SSSR count). The van der Waals surface area contributed by atoms with E-state index in [0.29, 0.717) is 21.7 Å². The zero-order valence-corrected chi connectivity index (χ0v) is 12.2. The van der Waals surface area contributed by atoms with Crippen LogP contribution in [0.25, 0.3) is 0 Å². The van der Waals surface area contributed by atoms with Crippen LogP contribution in [-0.4, -0.2) is 11.0 Å². The first-order chi connectivity index (χ1) is 9.16. The van der Waals surface area contributed by atoms with Crippen LogP contribution in [0.3, 0.4) is 0 Å². The van der Waals surface area contributed by atoms with Crippen LogP contribution in [0, 0.1) is 0 Å². The fourth-order valence-electron chi connectivity index (χ4n) is 1.45. The van der Waals surface area contributed by atoms with Crippen molar-refractivity contribution in [3.8, 4) is 0 Å². The molecule has 0 aliphatic rings. The Morgan fingerprint density at radius 2 is 2.16 bits per heavy atom. The fraction of sp³-hybridized carbons (Fsp3) is 0.0769. The number of hydrogen-bond acceptors (Lipinski definition) is 2. The van der Waals surface area contributed by atoms with E-state index in [4.69, 9.17) is 11.6 Å². The van der Waals surface area contributed by atoms with Crippen LogP contribution in [0.5, 0.6) is 0 Å². The van der Waals surface area contributed by atoms with Crippen LogP contribution in [0.15, 0.2) is 47.2 Å². The van der Waals surface area contributed by atoms with Gasteiger partial charge in [-0.15, -0.1) is 0 Å². The quantitative estimate of drug-likeness (QED) is 0.892. The average Bonchev–Trinajstić information content (AvgIpc) is 2.43. The van der Waals surface area contributed by atoms with Gasteiger partial charge in [-0.2, -0.15) is 0 Å². The summed E-state index contributed by atoms with van der Waals surface area (Å²) in [5, 5.41) is 6.01. The lowest BCUT2D eigenvalue weighted by molar-refractivity contribution is 0.251. The topological polar surface area (TPSA) is 54.0 Å². The molecule has 0 aliphatic carbocycles. The minimum absolute atomic E-state index is 0.299. The molecule has 0 saturated carbocycles. The molecular formula is C13H11BrClN3O. The van der Waals surface area contributed by atoms with E-state index in [2.05, 4.69) is 31.5 Å². The zero-order chi connectivity index (χ0) is 13.7. The van der Waals surface area contributed by atoms with E-state index >= 15 is 0 Å². The first-order valence-corrected chi connectivity index (χ1v) is 6.71. The van der Waals surface area contributed by atoms with Gasteiger partial charge in [-0.3, -0.25) is 4.98 Å². The van der Waals surface area contributed by atoms with Crippen molar-refractivity contribution in [2.45, 2.75) is 6.54 Å². The van der Waals surface area contributed by atoms with Crippen molar-refractivity contribution >= 4 is 39.2 Å². The maximum atomic E-state index is 11.7. The highest BCUT2D eigenvalue weighted by molar-refractivity contribution is 9.10. The molecule has 2 N–H and O–H groups in total. The van der Waals surface area contributed by atoms with E-state index in [-0.39, 0.29) is 6.03 Å². The average molecular weight is 341 g/mol. The summed E-state index contributed by atoms with van der Waals surface area (Å²) in [6, 6.07) is 8.69. The summed E-state index contributed by atoms with van der Waals surface area (Å²) in [7, 11) is 0. The number of halogens is 2. The third-order valence-electron chi connectivity index (χ3n) is 2.38.